The second-order valence-electron chi connectivity index (χ2n) is 2.78. The van der Waals surface area contributed by atoms with Crippen molar-refractivity contribution in [3.63, 3.8) is 0 Å². The van der Waals surface area contributed by atoms with Crippen LogP contribution >= 0.6 is 11.6 Å². The zero-order valence-corrected chi connectivity index (χ0v) is 8.17. The largest absolute Gasteiger partial charge is 0.331 e. The van der Waals surface area contributed by atoms with E-state index in [1.807, 2.05) is 19.3 Å². The Hall–Kier alpha value is -0.760. The lowest BCUT2D eigenvalue weighted by Crippen LogP contribution is -2.02. The molecule has 0 N–H and O–H groups in total. The van der Waals surface area contributed by atoms with Crippen molar-refractivity contribution in [3.8, 4) is 0 Å². The number of hydrogen-bond donors (Lipinski definition) is 0. The van der Waals surface area contributed by atoms with Crippen molar-refractivity contribution >= 4 is 11.6 Å². The maximum atomic E-state index is 5.57. The first-order valence-electron chi connectivity index (χ1n) is 4.03. The van der Waals surface area contributed by atoms with Crippen LogP contribution in [0.2, 0.25) is 0 Å². The van der Waals surface area contributed by atoms with E-state index in [1.165, 1.54) is 0 Å². The highest BCUT2D eigenvalue weighted by Gasteiger charge is 1.99. The SMILES string of the molecule is CCc1nccn1C/C(C)=C/Cl. The van der Waals surface area contributed by atoms with Crippen molar-refractivity contribution in [1.29, 1.82) is 0 Å². The number of allylic oxidation sites excluding steroid dienone is 1. The molecule has 0 amide bonds. The van der Waals surface area contributed by atoms with Gasteiger partial charge in [0.15, 0.2) is 0 Å². The molecule has 66 valence electrons. The van der Waals surface area contributed by atoms with E-state index in [0.29, 0.717) is 0 Å². The van der Waals surface area contributed by atoms with Crippen molar-refractivity contribution in [2.24, 2.45) is 0 Å². The Balaban J connectivity index is 2.74. The predicted molar refractivity (Wildman–Crippen MR) is 51.2 cm³/mol. The van der Waals surface area contributed by atoms with Gasteiger partial charge < -0.3 is 4.57 Å². The summed E-state index contributed by atoms with van der Waals surface area (Å²) in [5, 5.41) is 0. The zero-order valence-electron chi connectivity index (χ0n) is 7.42. The molecule has 1 aromatic rings. The van der Waals surface area contributed by atoms with E-state index in [-0.39, 0.29) is 0 Å². The van der Waals surface area contributed by atoms with Gasteiger partial charge in [-0.25, -0.2) is 4.98 Å². The molecule has 0 saturated heterocycles. The summed E-state index contributed by atoms with van der Waals surface area (Å²) in [6.45, 7) is 4.94. The molecule has 0 aliphatic rings. The van der Waals surface area contributed by atoms with E-state index in [9.17, 15) is 0 Å². The fourth-order valence-electron chi connectivity index (χ4n) is 1.10. The number of imidazole rings is 1. The van der Waals surface area contributed by atoms with Gasteiger partial charge in [-0.2, -0.15) is 0 Å². The van der Waals surface area contributed by atoms with E-state index in [1.54, 1.807) is 5.54 Å². The van der Waals surface area contributed by atoms with Crippen LogP contribution in [0.25, 0.3) is 0 Å². The molecule has 0 aliphatic carbocycles. The van der Waals surface area contributed by atoms with Gasteiger partial charge in [0.25, 0.3) is 0 Å². The standard InChI is InChI=1S/C9H13ClN2/c1-3-9-11-4-5-12(9)7-8(2)6-10/h4-6H,3,7H2,1-2H3/b8-6+. The van der Waals surface area contributed by atoms with Crippen molar-refractivity contribution in [2.75, 3.05) is 0 Å². The first-order chi connectivity index (χ1) is 5.77. The summed E-state index contributed by atoms with van der Waals surface area (Å²) in [6.07, 6.45) is 4.76. The summed E-state index contributed by atoms with van der Waals surface area (Å²) >= 11 is 5.57. The van der Waals surface area contributed by atoms with Crippen LogP contribution in [0.15, 0.2) is 23.5 Å². The molecule has 2 nitrogen and oxygen atoms in total. The molecule has 0 radical (unpaired) electrons. The lowest BCUT2D eigenvalue weighted by Gasteiger charge is -2.04. The minimum atomic E-state index is 0.840. The van der Waals surface area contributed by atoms with Gasteiger partial charge in [0, 0.05) is 30.9 Å². The van der Waals surface area contributed by atoms with Gasteiger partial charge in [0.05, 0.1) is 0 Å². The van der Waals surface area contributed by atoms with E-state index in [2.05, 4.69) is 16.5 Å². The van der Waals surface area contributed by atoms with Gasteiger partial charge >= 0.3 is 0 Å². The second-order valence-corrected chi connectivity index (χ2v) is 3.00. The molecule has 0 unspecified atom stereocenters. The minimum absolute atomic E-state index is 0.840. The fraction of sp³-hybridized carbons (Fsp3) is 0.444. The number of aryl methyl sites for hydroxylation is 1. The summed E-state index contributed by atoms with van der Waals surface area (Å²) in [5.74, 6) is 1.10. The normalized spacial score (nSPS) is 12.1. The van der Waals surface area contributed by atoms with Crippen LogP contribution in [0.3, 0.4) is 0 Å². The van der Waals surface area contributed by atoms with Crippen LogP contribution in [0.1, 0.15) is 19.7 Å². The topological polar surface area (TPSA) is 17.8 Å². The first-order valence-corrected chi connectivity index (χ1v) is 4.47. The number of rotatable bonds is 3. The Morgan fingerprint density at radius 3 is 3.08 bits per heavy atom. The smallest absolute Gasteiger partial charge is 0.108 e. The molecule has 1 aromatic heterocycles. The summed E-state index contributed by atoms with van der Waals surface area (Å²) in [4.78, 5) is 4.21. The molecule has 0 aliphatic heterocycles. The van der Waals surface area contributed by atoms with E-state index < -0.39 is 0 Å². The third-order valence-corrected chi connectivity index (χ3v) is 2.10. The highest BCUT2D eigenvalue weighted by atomic mass is 35.5. The summed E-state index contributed by atoms with van der Waals surface area (Å²) in [5.41, 5.74) is 2.75. The summed E-state index contributed by atoms with van der Waals surface area (Å²) < 4.78 is 2.11. The van der Waals surface area contributed by atoms with Crippen LogP contribution < -0.4 is 0 Å². The summed E-state index contributed by atoms with van der Waals surface area (Å²) in [7, 11) is 0. The Labute approximate surface area is 77.9 Å². The van der Waals surface area contributed by atoms with Crippen LogP contribution in [-0.2, 0) is 13.0 Å². The predicted octanol–water partition coefficient (Wildman–Crippen LogP) is 2.59. The first kappa shape index (κ1) is 9.33. The molecule has 12 heavy (non-hydrogen) atoms. The molecule has 0 spiro atoms. The van der Waals surface area contributed by atoms with E-state index >= 15 is 0 Å². The minimum Gasteiger partial charge on any atom is -0.331 e. The monoisotopic (exact) mass is 184 g/mol. The average molecular weight is 185 g/mol. The molecule has 3 heteroatoms. The van der Waals surface area contributed by atoms with Crippen molar-refractivity contribution < 1.29 is 0 Å². The summed E-state index contributed by atoms with van der Waals surface area (Å²) in [6, 6.07) is 0. The molecule has 0 saturated carbocycles. The maximum absolute atomic E-state index is 5.57. The van der Waals surface area contributed by atoms with Gasteiger partial charge in [-0.1, -0.05) is 18.5 Å². The maximum Gasteiger partial charge on any atom is 0.108 e. The lowest BCUT2D eigenvalue weighted by atomic mass is 10.3. The molecule has 1 rings (SSSR count). The highest BCUT2D eigenvalue weighted by molar-refractivity contribution is 6.25. The molecule has 0 aromatic carbocycles. The molecule has 0 atom stereocenters. The van der Waals surface area contributed by atoms with Gasteiger partial charge in [0.2, 0.25) is 0 Å². The molecule has 1 heterocycles. The van der Waals surface area contributed by atoms with Gasteiger partial charge in [0.1, 0.15) is 5.82 Å². The number of aromatic nitrogens is 2. The Kier molecular flexibility index (Phi) is 3.35. The van der Waals surface area contributed by atoms with Crippen LogP contribution in [0.4, 0.5) is 0 Å². The van der Waals surface area contributed by atoms with Gasteiger partial charge in [-0.15, -0.1) is 0 Å². The average Bonchev–Trinajstić information content (AvgIpc) is 2.51. The third-order valence-electron chi connectivity index (χ3n) is 1.72. The van der Waals surface area contributed by atoms with Gasteiger partial charge in [-0.3, -0.25) is 0 Å². The Bertz CT molecular complexity index is 276. The number of halogens is 1. The molecule has 0 fully saturated rings. The fourth-order valence-corrected chi connectivity index (χ4v) is 1.17. The van der Waals surface area contributed by atoms with Crippen molar-refractivity contribution in [2.45, 2.75) is 26.8 Å². The van der Waals surface area contributed by atoms with Crippen molar-refractivity contribution in [1.82, 2.24) is 9.55 Å². The number of nitrogens with zero attached hydrogens (tertiary/aromatic N) is 2. The Morgan fingerprint density at radius 2 is 2.50 bits per heavy atom. The molecular weight excluding hydrogens is 172 g/mol. The van der Waals surface area contributed by atoms with Crippen LogP contribution in [0, 0.1) is 0 Å². The lowest BCUT2D eigenvalue weighted by molar-refractivity contribution is 0.723. The number of hydrogen-bond acceptors (Lipinski definition) is 1. The Morgan fingerprint density at radius 1 is 1.75 bits per heavy atom. The molecular formula is C9H13ClN2. The quantitative estimate of drug-likeness (QED) is 0.706. The van der Waals surface area contributed by atoms with E-state index in [4.69, 9.17) is 11.6 Å². The van der Waals surface area contributed by atoms with E-state index in [0.717, 1.165) is 24.4 Å². The van der Waals surface area contributed by atoms with Crippen molar-refractivity contribution in [3.05, 3.63) is 29.3 Å². The zero-order chi connectivity index (χ0) is 8.97. The molecule has 0 bridgehead atoms. The van der Waals surface area contributed by atoms with Gasteiger partial charge in [-0.05, 0) is 12.5 Å². The highest BCUT2D eigenvalue weighted by Crippen LogP contribution is 2.04. The third kappa shape index (κ3) is 2.11. The van der Waals surface area contributed by atoms with Crippen LogP contribution in [-0.4, -0.2) is 9.55 Å². The second kappa shape index (κ2) is 4.31. The van der Waals surface area contributed by atoms with Crippen LogP contribution in [0.5, 0.6) is 0 Å².